The highest BCUT2D eigenvalue weighted by molar-refractivity contribution is 5.97. The first-order chi connectivity index (χ1) is 18.6. The van der Waals surface area contributed by atoms with Gasteiger partial charge >= 0.3 is 0 Å². The molecule has 1 saturated heterocycles. The van der Waals surface area contributed by atoms with Crippen molar-refractivity contribution in [3.63, 3.8) is 0 Å². The molecule has 3 heterocycles. The lowest BCUT2D eigenvalue weighted by molar-refractivity contribution is -0.160. The van der Waals surface area contributed by atoms with Gasteiger partial charge in [0.15, 0.2) is 11.5 Å². The molecule has 0 aliphatic carbocycles. The number of amides is 2. The number of rotatable bonds is 7. The molecule has 0 bridgehead atoms. The number of methoxy groups -OCH3 is 2. The predicted octanol–water partition coefficient (Wildman–Crippen LogP) is 4.65. The number of carbonyl (C=O) groups excluding carboxylic acids is 2. The standard InChI is InChI=1S/C31H31N3O4/c1-37-27-15-13-21(16-28(27)38-2)18-33-19-29(35)34-25(14-12-20-8-4-3-5-9-20)30-23(17-26(34)31(33)36)22-10-6-7-11-24(22)32-30/h3-11,13,15-16,25-26,32H,12,14,17-19H2,1-2H3/t25-,26-/m0/s1. The van der Waals surface area contributed by atoms with E-state index in [1.165, 1.54) is 5.56 Å². The third-order valence-corrected chi connectivity index (χ3v) is 7.83. The topological polar surface area (TPSA) is 74.9 Å². The van der Waals surface area contributed by atoms with Crippen molar-refractivity contribution in [3.05, 3.63) is 95.2 Å². The first-order valence-corrected chi connectivity index (χ1v) is 13.0. The Bertz CT molecular complexity index is 1500. The molecular formula is C31H31N3O4. The van der Waals surface area contributed by atoms with Crippen LogP contribution >= 0.6 is 0 Å². The molecule has 4 aromatic rings. The Balaban J connectivity index is 1.33. The van der Waals surface area contributed by atoms with Gasteiger partial charge in [-0.2, -0.15) is 0 Å². The van der Waals surface area contributed by atoms with E-state index in [9.17, 15) is 9.59 Å². The van der Waals surface area contributed by atoms with Gasteiger partial charge in [-0.15, -0.1) is 0 Å². The summed E-state index contributed by atoms with van der Waals surface area (Å²) >= 11 is 0. The van der Waals surface area contributed by atoms with Crippen LogP contribution in [0.25, 0.3) is 10.9 Å². The van der Waals surface area contributed by atoms with Crippen molar-refractivity contribution >= 4 is 22.7 Å². The summed E-state index contributed by atoms with van der Waals surface area (Å²) in [6.45, 7) is 0.395. The zero-order valence-corrected chi connectivity index (χ0v) is 21.6. The maximum absolute atomic E-state index is 13.9. The second kappa shape index (κ2) is 9.89. The summed E-state index contributed by atoms with van der Waals surface area (Å²) in [7, 11) is 3.18. The lowest BCUT2D eigenvalue weighted by atomic mass is 9.86. The van der Waals surface area contributed by atoms with Gasteiger partial charge in [0.05, 0.1) is 20.3 Å². The van der Waals surface area contributed by atoms with E-state index in [-0.39, 0.29) is 24.4 Å². The van der Waals surface area contributed by atoms with Gasteiger partial charge in [-0.05, 0) is 47.7 Å². The molecule has 38 heavy (non-hydrogen) atoms. The Morgan fingerprint density at radius 1 is 0.895 bits per heavy atom. The van der Waals surface area contributed by atoms with E-state index in [1.807, 2.05) is 53.4 Å². The number of ether oxygens (including phenoxy) is 2. The molecule has 7 heteroatoms. The molecule has 2 amide bonds. The molecule has 0 saturated carbocycles. The van der Waals surface area contributed by atoms with Gasteiger partial charge in [0.2, 0.25) is 11.8 Å². The predicted molar refractivity (Wildman–Crippen MR) is 145 cm³/mol. The van der Waals surface area contributed by atoms with E-state index in [0.717, 1.165) is 40.6 Å². The smallest absolute Gasteiger partial charge is 0.246 e. The van der Waals surface area contributed by atoms with E-state index in [4.69, 9.17) is 9.47 Å². The summed E-state index contributed by atoms with van der Waals surface area (Å²) in [4.78, 5) is 34.8. The lowest BCUT2D eigenvalue weighted by Crippen LogP contribution is -2.62. The van der Waals surface area contributed by atoms with Crippen LogP contribution in [-0.2, 0) is 29.0 Å². The summed E-state index contributed by atoms with van der Waals surface area (Å²) in [6.07, 6.45) is 2.07. The van der Waals surface area contributed by atoms with Crippen LogP contribution in [0, 0.1) is 0 Å². The van der Waals surface area contributed by atoms with Crippen molar-refractivity contribution in [2.24, 2.45) is 0 Å². The number of hydrogen-bond acceptors (Lipinski definition) is 4. The fourth-order valence-electron chi connectivity index (χ4n) is 6.03. The number of benzene rings is 3. The first kappa shape index (κ1) is 24.1. The third kappa shape index (κ3) is 4.18. The van der Waals surface area contributed by atoms with Crippen LogP contribution in [0.4, 0.5) is 0 Å². The molecule has 1 N–H and O–H groups in total. The second-order valence-corrected chi connectivity index (χ2v) is 10.0. The normalized spacial score (nSPS) is 18.9. The van der Waals surface area contributed by atoms with Crippen molar-refractivity contribution < 1.29 is 19.1 Å². The third-order valence-electron chi connectivity index (χ3n) is 7.83. The minimum Gasteiger partial charge on any atom is -0.493 e. The van der Waals surface area contributed by atoms with Crippen LogP contribution in [0.2, 0.25) is 0 Å². The van der Waals surface area contributed by atoms with Gasteiger partial charge < -0.3 is 24.3 Å². The molecule has 1 fully saturated rings. The molecule has 3 aromatic carbocycles. The van der Waals surface area contributed by atoms with Crippen molar-refractivity contribution in [3.8, 4) is 11.5 Å². The molecule has 0 radical (unpaired) electrons. The minimum atomic E-state index is -0.524. The number of hydrogen-bond donors (Lipinski definition) is 1. The SMILES string of the molecule is COc1ccc(CN2CC(=O)N3[C@@H](Cc4c([nH]c5ccccc45)[C@@H]3CCc3ccccc3)C2=O)cc1OC. The number of para-hydroxylation sites is 1. The lowest BCUT2D eigenvalue weighted by Gasteiger charge is -2.47. The molecule has 6 rings (SSSR count). The molecule has 194 valence electrons. The van der Waals surface area contributed by atoms with E-state index in [0.29, 0.717) is 24.5 Å². The number of H-pyrrole nitrogens is 1. The number of fused-ring (bicyclic) bond motifs is 4. The highest BCUT2D eigenvalue weighted by atomic mass is 16.5. The monoisotopic (exact) mass is 509 g/mol. The van der Waals surface area contributed by atoms with Crippen molar-refractivity contribution in [2.75, 3.05) is 20.8 Å². The zero-order chi connectivity index (χ0) is 26.2. The maximum Gasteiger partial charge on any atom is 0.246 e. The Kier molecular flexibility index (Phi) is 6.27. The number of aromatic amines is 1. The number of aromatic nitrogens is 1. The maximum atomic E-state index is 13.9. The van der Waals surface area contributed by atoms with E-state index in [1.54, 1.807) is 19.1 Å². The van der Waals surface area contributed by atoms with Gasteiger partial charge in [-0.25, -0.2) is 0 Å². The van der Waals surface area contributed by atoms with Crippen LogP contribution in [-0.4, -0.2) is 53.4 Å². The minimum absolute atomic E-state index is 0.0139. The second-order valence-electron chi connectivity index (χ2n) is 10.0. The first-order valence-electron chi connectivity index (χ1n) is 13.0. The van der Waals surface area contributed by atoms with Crippen molar-refractivity contribution in [1.29, 1.82) is 0 Å². The molecule has 2 atom stereocenters. The molecule has 0 spiro atoms. The summed E-state index contributed by atoms with van der Waals surface area (Å²) in [6, 6.07) is 23.4. The molecule has 1 aromatic heterocycles. The van der Waals surface area contributed by atoms with Gasteiger partial charge in [-0.1, -0.05) is 54.6 Å². The van der Waals surface area contributed by atoms with Crippen LogP contribution in [0.3, 0.4) is 0 Å². The molecule has 2 aliphatic rings. The fraction of sp³-hybridized carbons (Fsp3) is 0.290. The summed E-state index contributed by atoms with van der Waals surface area (Å²) in [5.74, 6) is 1.20. The summed E-state index contributed by atoms with van der Waals surface area (Å²) < 4.78 is 10.8. The highest BCUT2D eigenvalue weighted by Gasteiger charge is 2.47. The van der Waals surface area contributed by atoms with Gasteiger partial charge in [-0.3, -0.25) is 9.59 Å². The average molecular weight is 510 g/mol. The van der Waals surface area contributed by atoms with Crippen molar-refractivity contribution in [2.45, 2.75) is 37.9 Å². The number of aryl methyl sites for hydroxylation is 1. The van der Waals surface area contributed by atoms with E-state index in [2.05, 4.69) is 29.2 Å². The van der Waals surface area contributed by atoms with Gasteiger partial charge in [0, 0.05) is 29.6 Å². The summed E-state index contributed by atoms with van der Waals surface area (Å²) in [5.41, 5.74) is 5.37. The van der Waals surface area contributed by atoms with Gasteiger partial charge in [0.25, 0.3) is 0 Å². The fourth-order valence-corrected chi connectivity index (χ4v) is 6.03. The molecule has 2 aliphatic heterocycles. The Labute approximate surface area is 222 Å². The molecule has 7 nitrogen and oxygen atoms in total. The molecule has 0 unspecified atom stereocenters. The van der Waals surface area contributed by atoms with Crippen LogP contribution in [0.5, 0.6) is 11.5 Å². The average Bonchev–Trinajstić information content (AvgIpc) is 3.33. The zero-order valence-electron chi connectivity index (χ0n) is 21.6. The van der Waals surface area contributed by atoms with Crippen molar-refractivity contribution in [1.82, 2.24) is 14.8 Å². The number of piperazine rings is 1. The highest BCUT2D eigenvalue weighted by Crippen LogP contribution is 2.41. The van der Waals surface area contributed by atoms with Crippen LogP contribution in [0.1, 0.15) is 34.8 Å². The van der Waals surface area contributed by atoms with Crippen LogP contribution < -0.4 is 9.47 Å². The van der Waals surface area contributed by atoms with Crippen LogP contribution in [0.15, 0.2) is 72.8 Å². The van der Waals surface area contributed by atoms with E-state index >= 15 is 0 Å². The summed E-state index contributed by atoms with van der Waals surface area (Å²) in [5, 5.41) is 1.13. The Hall–Kier alpha value is -4.26. The Morgan fingerprint density at radius 2 is 1.66 bits per heavy atom. The number of nitrogens with one attached hydrogen (secondary N) is 1. The molecular weight excluding hydrogens is 478 g/mol. The number of nitrogens with zero attached hydrogens (tertiary/aromatic N) is 2. The Morgan fingerprint density at radius 3 is 2.45 bits per heavy atom. The quantitative estimate of drug-likeness (QED) is 0.393. The number of carbonyl (C=O) groups is 2. The van der Waals surface area contributed by atoms with Gasteiger partial charge in [0.1, 0.15) is 12.6 Å². The largest absolute Gasteiger partial charge is 0.493 e. The van der Waals surface area contributed by atoms with E-state index < -0.39 is 6.04 Å².